The highest BCUT2D eigenvalue weighted by molar-refractivity contribution is 5.98. The van der Waals surface area contributed by atoms with Gasteiger partial charge in [-0.05, 0) is 36.8 Å². The average Bonchev–Trinajstić information content (AvgIpc) is 2.90. The summed E-state index contributed by atoms with van der Waals surface area (Å²) in [5, 5.41) is 0. The number of anilines is 3. The van der Waals surface area contributed by atoms with Gasteiger partial charge in [-0.3, -0.25) is 19.1 Å². The third-order valence-corrected chi connectivity index (χ3v) is 5.90. The molecule has 0 aliphatic heterocycles. The first-order chi connectivity index (χ1) is 17.9. The number of nitrogen functional groups attached to an aromatic ring is 1. The van der Waals surface area contributed by atoms with E-state index in [2.05, 4.69) is 4.98 Å². The molecule has 37 heavy (non-hydrogen) atoms. The molecular weight excluding hydrogens is 470 g/mol. The van der Waals surface area contributed by atoms with E-state index in [4.69, 9.17) is 10.5 Å². The number of amides is 1. The zero-order chi connectivity index (χ0) is 26.4. The van der Waals surface area contributed by atoms with E-state index < -0.39 is 11.2 Å². The van der Waals surface area contributed by atoms with Crippen LogP contribution in [0.5, 0.6) is 11.5 Å². The first kappa shape index (κ1) is 25.3. The number of rotatable bonds is 9. The molecule has 0 saturated heterocycles. The SMILES string of the molecule is CCN(C(=O)CN(C)c1ccccc1Oc1ccccc1)c1c(N)n(Cc2ccccc2)c(=O)[nH]c1=O. The molecule has 0 aliphatic carbocycles. The molecule has 0 unspecified atom stereocenters. The zero-order valence-electron chi connectivity index (χ0n) is 20.8. The summed E-state index contributed by atoms with van der Waals surface area (Å²) in [7, 11) is 1.77. The molecule has 3 N–H and O–H groups in total. The Labute approximate surface area is 214 Å². The van der Waals surface area contributed by atoms with Crippen LogP contribution in [0.1, 0.15) is 12.5 Å². The summed E-state index contributed by atoms with van der Waals surface area (Å²) in [4.78, 5) is 44.1. The Morgan fingerprint density at radius 1 is 0.946 bits per heavy atom. The van der Waals surface area contributed by atoms with E-state index in [1.54, 1.807) is 18.9 Å². The Bertz CT molecular complexity index is 1480. The van der Waals surface area contributed by atoms with Crippen molar-refractivity contribution in [3.63, 3.8) is 0 Å². The lowest BCUT2D eigenvalue weighted by Crippen LogP contribution is -2.44. The fourth-order valence-corrected chi connectivity index (χ4v) is 4.07. The van der Waals surface area contributed by atoms with Crippen LogP contribution < -0.4 is 31.5 Å². The van der Waals surface area contributed by atoms with Crippen LogP contribution in [-0.4, -0.2) is 35.6 Å². The van der Waals surface area contributed by atoms with Crippen LogP contribution in [0.15, 0.2) is 94.5 Å². The molecule has 0 fully saturated rings. The number of aromatic amines is 1. The van der Waals surface area contributed by atoms with E-state index in [1.165, 1.54) is 9.47 Å². The van der Waals surface area contributed by atoms with Crippen LogP contribution >= 0.6 is 0 Å². The number of aromatic nitrogens is 2. The normalized spacial score (nSPS) is 10.6. The minimum absolute atomic E-state index is 0.0507. The first-order valence-corrected chi connectivity index (χ1v) is 11.9. The largest absolute Gasteiger partial charge is 0.455 e. The first-order valence-electron chi connectivity index (χ1n) is 11.9. The Hall–Kier alpha value is -4.79. The molecule has 1 amide bonds. The van der Waals surface area contributed by atoms with Gasteiger partial charge in [-0.1, -0.05) is 60.7 Å². The number of benzene rings is 3. The van der Waals surface area contributed by atoms with Crippen molar-refractivity contribution in [1.29, 1.82) is 0 Å². The van der Waals surface area contributed by atoms with Crippen molar-refractivity contribution in [2.24, 2.45) is 0 Å². The molecule has 4 aromatic rings. The maximum Gasteiger partial charge on any atom is 0.330 e. The zero-order valence-corrected chi connectivity index (χ0v) is 20.8. The van der Waals surface area contributed by atoms with Gasteiger partial charge in [0.15, 0.2) is 11.4 Å². The molecule has 9 nitrogen and oxygen atoms in total. The van der Waals surface area contributed by atoms with Crippen LogP contribution in [0.3, 0.4) is 0 Å². The standard InChI is InChI=1S/C28H29N5O4/c1-3-32(25-26(29)33(28(36)30-27(25)35)18-20-12-6-4-7-13-20)24(34)19-31(2)22-16-10-11-17-23(22)37-21-14-8-5-9-15-21/h4-17H,3,18-19,29H2,1-2H3,(H,30,35,36). The molecule has 0 radical (unpaired) electrons. The average molecular weight is 500 g/mol. The molecule has 3 aromatic carbocycles. The molecule has 1 heterocycles. The quantitative estimate of drug-likeness (QED) is 0.365. The molecule has 0 aliphatic rings. The minimum Gasteiger partial charge on any atom is -0.455 e. The van der Waals surface area contributed by atoms with Gasteiger partial charge >= 0.3 is 5.69 Å². The summed E-state index contributed by atoms with van der Waals surface area (Å²) in [5.41, 5.74) is 6.45. The molecule has 1 aromatic heterocycles. The van der Waals surface area contributed by atoms with Gasteiger partial charge in [0.05, 0.1) is 18.8 Å². The third kappa shape index (κ3) is 5.72. The van der Waals surface area contributed by atoms with E-state index in [1.807, 2.05) is 84.9 Å². The maximum absolute atomic E-state index is 13.4. The lowest BCUT2D eigenvalue weighted by Gasteiger charge is -2.27. The van der Waals surface area contributed by atoms with Crippen LogP contribution in [-0.2, 0) is 11.3 Å². The van der Waals surface area contributed by atoms with Gasteiger partial charge in [0.1, 0.15) is 11.6 Å². The molecule has 4 rings (SSSR count). The number of nitrogens with zero attached hydrogens (tertiary/aromatic N) is 3. The second-order valence-corrected chi connectivity index (χ2v) is 8.44. The van der Waals surface area contributed by atoms with Gasteiger partial charge in [0.2, 0.25) is 5.91 Å². The third-order valence-electron chi connectivity index (χ3n) is 5.90. The summed E-state index contributed by atoms with van der Waals surface area (Å²) in [5.74, 6) is 0.829. The number of ether oxygens (including phenoxy) is 1. The number of hydrogen-bond acceptors (Lipinski definition) is 6. The summed E-state index contributed by atoms with van der Waals surface area (Å²) in [6.45, 7) is 2.03. The number of H-pyrrole nitrogens is 1. The molecule has 9 heteroatoms. The molecule has 0 bridgehead atoms. The number of nitrogens with two attached hydrogens (primary N) is 1. The fraction of sp³-hybridized carbons (Fsp3) is 0.179. The van der Waals surface area contributed by atoms with Crippen molar-refractivity contribution in [2.75, 3.05) is 35.7 Å². The predicted molar refractivity (Wildman–Crippen MR) is 146 cm³/mol. The van der Waals surface area contributed by atoms with Gasteiger partial charge in [0, 0.05) is 13.6 Å². The lowest BCUT2D eigenvalue weighted by molar-refractivity contribution is -0.117. The Morgan fingerprint density at radius 2 is 1.57 bits per heavy atom. The number of para-hydroxylation sites is 3. The van der Waals surface area contributed by atoms with Crippen molar-refractivity contribution >= 4 is 23.1 Å². The van der Waals surface area contributed by atoms with Crippen molar-refractivity contribution < 1.29 is 9.53 Å². The van der Waals surface area contributed by atoms with Gasteiger partial charge in [-0.2, -0.15) is 0 Å². The maximum atomic E-state index is 13.4. The molecule has 0 spiro atoms. The monoisotopic (exact) mass is 499 g/mol. The topological polar surface area (TPSA) is 114 Å². The van der Waals surface area contributed by atoms with Crippen molar-refractivity contribution in [3.8, 4) is 11.5 Å². The summed E-state index contributed by atoms with van der Waals surface area (Å²) < 4.78 is 7.29. The van der Waals surface area contributed by atoms with E-state index in [0.29, 0.717) is 17.2 Å². The Balaban J connectivity index is 1.60. The number of likely N-dealkylation sites (N-methyl/N-ethyl adjacent to an activating group) is 2. The van der Waals surface area contributed by atoms with Gasteiger partial charge < -0.3 is 20.3 Å². The predicted octanol–water partition coefficient (Wildman–Crippen LogP) is 3.45. The second kappa shape index (κ2) is 11.3. The summed E-state index contributed by atoms with van der Waals surface area (Å²) >= 11 is 0. The smallest absolute Gasteiger partial charge is 0.330 e. The lowest BCUT2D eigenvalue weighted by atomic mass is 10.2. The van der Waals surface area contributed by atoms with Gasteiger partial charge in [-0.25, -0.2) is 4.79 Å². The van der Waals surface area contributed by atoms with Gasteiger partial charge in [0.25, 0.3) is 5.56 Å². The number of hydrogen-bond donors (Lipinski definition) is 2. The second-order valence-electron chi connectivity index (χ2n) is 8.44. The van der Waals surface area contributed by atoms with E-state index in [0.717, 1.165) is 5.56 Å². The van der Waals surface area contributed by atoms with Crippen molar-refractivity contribution in [3.05, 3.63) is 111 Å². The Morgan fingerprint density at radius 3 is 2.24 bits per heavy atom. The van der Waals surface area contributed by atoms with Crippen LogP contribution in [0.2, 0.25) is 0 Å². The molecular formula is C28H29N5O4. The van der Waals surface area contributed by atoms with Gasteiger partial charge in [-0.15, -0.1) is 0 Å². The van der Waals surface area contributed by atoms with Crippen LogP contribution in [0.4, 0.5) is 17.2 Å². The highest BCUT2D eigenvalue weighted by atomic mass is 16.5. The van der Waals surface area contributed by atoms with E-state index in [9.17, 15) is 14.4 Å². The highest BCUT2D eigenvalue weighted by Gasteiger charge is 2.24. The summed E-state index contributed by atoms with van der Waals surface area (Å²) in [6, 6.07) is 26.0. The highest BCUT2D eigenvalue weighted by Crippen LogP contribution is 2.31. The number of carbonyl (C=O) groups is 1. The van der Waals surface area contributed by atoms with Crippen LogP contribution in [0.25, 0.3) is 0 Å². The van der Waals surface area contributed by atoms with Crippen molar-refractivity contribution in [2.45, 2.75) is 13.5 Å². The number of carbonyl (C=O) groups excluding carboxylic acids is 1. The van der Waals surface area contributed by atoms with E-state index in [-0.39, 0.29) is 37.0 Å². The molecule has 0 saturated carbocycles. The fourth-order valence-electron chi connectivity index (χ4n) is 4.07. The Kier molecular flexibility index (Phi) is 7.73. The number of nitrogens with one attached hydrogen (secondary N) is 1. The van der Waals surface area contributed by atoms with Crippen molar-refractivity contribution in [1.82, 2.24) is 9.55 Å². The molecule has 0 atom stereocenters. The van der Waals surface area contributed by atoms with Crippen LogP contribution in [0, 0.1) is 0 Å². The summed E-state index contributed by atoms with van der Waals surface area (Å²) in [6.07, 6.45) is 0. The minimum atomic E-state index is -0.711. The van der Waals surface area contributed by atoms with E-state index >= 15 is 0 Å². The molecule has 190 valence electrons.